The summed E-state index contributed by atoms with van der Waals surface area (Å²) in [4.78, 5) is 11.0. The molecule has 1 atom stereocenters. The maximum Gasteiger partial charge on any atom is 0.335 e. The lowest BCUT2D eigenvalue weighted by Crippen LogP contribution is -2.06. The van der Waals surface area contributed by atoms with Crippen LogP contribution in [0.25, 0.3) is 11.5 Å². The van der Waals surface area contributed by atoms with Gasteiger partial charge in [0.1, 0.15) is 5.82 Å². The van der Waals surface area contributed by atoms with Gasteiger partial charge >= 0.3 is 5.97 Å². The summed E-state index contributed by atoms with van der Waals surface area (Å²) in [5, 5.41) is 16.7. The van der Waals surface area contributed by atoms with E-state index in [1.54, 1.807) is 30.4 Å². The molecule has 5 nitrogen and oxygen atoms in total. The summed E-state index contributed by atoms with van der Waals surface area (Å²) >= 11 is 0. The molecule has 1 aliphatic rings. The zero-order chi connectivity index (χ0) is 14.8. The molecule has 1 unspecified atom stereocenters. The molecule has 0 bridgehead atoms. The minimum Gasteiger partial charge on any atom is -0.478 e. The summed E-state index contributed by atoms with van der Waals surface area (Å²) < 4.78 is 19.2. The lowest BCUT2D eigenvalue weighted by molar-refractivity contribution is -0.132. The van der Waals surface area contributed by atoms with Crippen molar-refractivity contribution in [2.75, 3.05) is 0 Å². The summed E-state index contributed by atoms with van der Waals surface area (Å²) in [7, 11) is 0. The molecular weight excluding hydrogens is 275 g/mol. The monoisotopic (exact) mass is 286 g/mol. The second kappa shape index (κ2) is 5.32. The highest BCUT2D eigenvalue weighted by molar-refractivity contribution is 5.90. The van der Waals surface area contributed by atoms with Crippen molar-refractivity contribution < 1.29 is 18.7 Å². The number of aliphatic carboxylic acids is 1. The normalized spacial score (nSPS) is 17.6. The highest BCUT2D eigenvalue weighted by Gasteiger charge is 2.21. The minimum atomic E-state index is -1.01. The average molecular weight is 286 g/mol. The average Bonchev–Trinajstić information content (AvgIpc) is 2.97. The van der Waals surface area contributed by atoms with Crippen molar-refractivity contribution >= 4 is 5.97 Å². The molecule has 6 heteroatoms. The highest BCUT2D eigenvalue weighted by Crippen LogP contribution is 2.29. The zero-order valence-corrected chi connectivity index (χ0v) is 10.9. The van der Waals surface area contributed by atoms with Crippen LogP contribution in [0.2, 0.25) is 0 Å². The predicted molar refractivity (Wildman–Crippen MR) is 71.9 cm³/mol. The molecule has 1 aromatic carbocycles. The van der Waals surface area contributed by atoms with Crippen molar-refractivity contribution in [3.63, 3.8) is 0 Å². The Hall–Kier alpha value is -2.76. The summed E-state index contributed by atoms with van der Waals surface area (Å²) in [6, 6.07) is 6.11. The first-order valence-electron chi connectivity index (χ1n) is 6.35. The third-order valence-electron chi connectivity index (χ3n) is 3.18. The minimum absolute atomic E-state index is 0.0860. The number of hydrogen-bond acceptors (Lipinski definition) is 4. The molecule has 1 aliphatic carbocycles. The third-order valence-corrected chi connectivity index (χ3v) is 3.18. The number of halogens is 1. The largest absolute Gasteiger partial charge is 0.478 e. The van der Waals surface area contributed by atoms with Gasteiger partial charge in [0.15, 0.2) is 0 Å². The topological polar surface area (TPSA) is 76.2 Å². The smallest absolute Gasteiger partial charge is 0.335 e. The standard InChI is InChI=1S/C15H11FN2O3/c16-12-7-2-1-6-11(12)14-18-17-13(21-14)9-4-3-5-10(8-9)15(19)20/h1-3,5-9H,4H2,(H,19,20). The number of rotatable bonds is 3. The Bertz CT molecular complexity index is 749. The Morgan fingerprint density at radius 2 is 2.14 bits per heavy atom. The van der Waals surface area contributed by atoms with Crippen LogP contribution in [0.15, 0.2) is 52.5 Å². The molecule has 0 radical (unpaired) electrons. The van der Waals surface area contributed by atoms with E-state index < -0.39 is 11.8 Å². The van der Waals surface area contributed by atoms with Crippen LogP contribution in [-0.2, 0) is 4.79 Å². The van der Waals surface area contributed by atoms with E-state index in [2.05, 4.69) is 10.2 Å². The maximum absolute atomic E-state index is 13.7. The van der Waals surface area contributed by atoms with E-state index in [4.69, 9.17) is 9.52 Å². The number of carboxylic acids is 1. The van der Waals surface area contributed by atoms with Crippen LogP contribution in [0.4, 0.5) is 4.39 Å². The van der Waals surface area contributed by atoms with Gasteiger partial charge in [-0.25, -0.2) is 9.18 Å². The molecule has 3 rings (SSSR count). The van der Waals surface area contributed by atoms with Crippen LogP contribution < -0.4 is 0 Å². The lowest BCUT2D eigenvalue weighted by atomic mass is 9.96. The van der Waals surface area contributed by atoms with E-state index in [1.807, 2.05) is 0 Å². The number of allylic oxidation sites excluding steroid dienone is 2. The molecular formula is C15H11FN2O3. The fourth-order valence-electron chi connectivity index (χ4n) is 2.12. The number of nitrogens with zero attached hydrogens (tertiary/aromatic N) is 2. The van der Waals surface area contributed by atoms with Gasteiger partial charge in [-0.3, -0.25) is 0 Å². The molecule has 0 saturated heterocycles. The lowest BCUT2D eigenvalue weighted by Gasteiger charge is -2.10. The first-order chi connectivity index (χ1) is 10.1. The molecule has 1 N–H and O–H groups in total. The van der Waals surface area contributed by atoms with Crippen molar-refractivity contribution in [1.29, 1.82) is 0 Å². The second-order valence-corrected chi connectivity index (χ2v) is 4.60. The molecule has 0 spiro atoms. The fraction of sp³-hybridized carbons (Fsp3) is 0.133. The Morgan fingerprint density at radius 3 is 2.90 bits per heavy atom. The Morgan fingerprint density at radius 1 is 1.33 bits per heavy atom. The van der Waals surface area contributed by atoms with Crippen molar-refractivity contribution in [2.45, 2.75) is 12.3 Å². The molecule has 0 amide bonds. The molecule has 21 heavy (non-hydrogen) atoms. The number of hydrogen-bond donors (Lipinski definition) is 1. The van der Waals surface area contributed by atoms with E-state index in [0.717, 1.165) is 0 Å². The van der Waals surface area contributed by atoms with Crippen LogP contribution in [-0.4, -0.2) is 21.3 Å². The molecule has 0 aliphatic heterocycles. The quantitative estimate of drug-likeness (QED) is 0.938. The molecule has 1 heterocycles. The van der Waals surface area contributed by atoms with E-state index in [0.29, 0.717) is 6.42 Å². The summed E-state index contributed by atoms with van der Waals surface area (Å²) in [6.45, 7) is 0. The van der Waals surface area contributed by atoms with Crippen LogP contribution >= 0.6 is 0 Å². The Balaban J connectivity index is 1.91. The number of aromatic nitrogens is 2. The van der Waals surface area contributed by atoms with Crippen LogP contribution in [0.5, 0.6) is 0 Å². The highest BCUT2D eigenvalue weighted by atomic mass is 19.1. The van der Waals surface area contributed by atoms with Crippen LogP contribution in [0, 0.1) is 5.82 Å². The van der Waals surface area contributed by atoms with Gasteiger partial charge in [0.2, 0.25) is 5.89 Å². The van der Waals surface area contributed by atoms with Gasteiger partial charge < -0.3 is 9.52 Å². The summed E-state index contributed by atoms with van der Waals surface area (Å²) in [6.07, 6.45) is 5.39. The Labute approximate surface area is 119 Å². The zero-order valence-electron chi connectivity index (χ0n) is 10.9. The van der Waals surface area contributed by atoms with Crippen molar-refractivity contribution in [2.24, 2.45) is 0 Å². The summed E-state index contributed by atoms with van der Waals surface area (Å²) in [5.74, 6) is -1.41. The SMILES string of the molecule is O=C(O)C1=CC(c2nnc(-c3ccccc3F)o2)CC=C1. The van der Waals surface area contributed by atoms with Gasteiger partial charge in [0.05, 0.1) is 17.1 Å². The number of benzene rings is 1. The predicted octanol–water partition coefficient (Wildman–Crippen LogP) is 2.93. The molecule has 2 aromatic rings. The van der Waals surface area contributed by atoms with Gasteiger partial charge in [-0.15, -0.1) is 10.2 Å². The van der Waals surface area contributed by atoms with Gasteiger partial charge in [-0.2, -0.15) is 0 Å². The van der Waals surface area contributed by atoms with Crippen LogP contribution in [0.1, 0.15) is 18.2 Å². The first-order valence-corrected chi connectivity index (χ1v) is 6.35. The van der Waals surface area contributed by atoms with E-state index in [-0.39, 0.29) is 28.8 Å². The number of carbonyl (C=O) groups is 1. The number of carboxylic acid groups (broad SMARTS) is 1. The van der Waals surface area contributed by atoms with Gasteiger partial charge in [-0.1, -0.05) is 30.4 Å². The Kier molecular flexibility index (Phi) is 3.35. The van der Waals surface area contributed by atoms with E-state index >= 15 is 0 Å². The molecule has 106 valence electrons. The van der Waals surface area contributed by atoms with Crippen molar-refractivity contribution in [3.8, 4) is 11.5 Å². The van der Waals surface area contributed by atoms with Gasteiger partial charge in [0.25, 0.3) is 5.89 Å². The van der Waals surface area contributed by atoms with E-state index in [1.165, 1.54) is 12.1 Å². The van der Waals surface area contributed by atoms with E-state index in [9.17, 15) is 9.18 Å². The van der Waals surface area contributed by atoms with Gasteiger partial charge in [-0.05, 0) is 18.6 Å². The molecule has 0 saturated carbocycles. The maximum atomic E-state index is 13.7. The van der Waals surface area contributed by atoms with Crippen LogP contribution in [0.3, 0.4) is 0 Å². The molecule has 0 fully saturated rings. The molecule has 1 aromatic heterocycles. The fourth-order valence-corrected chi connectivity index (χ4v) is 2.12. The summed E-state index contributed by atoms with van der Waals surface area (Å²) in [5.41, 5.74) is 0.405. The van der Waals surface area contributed by atoms with Crippen molar-refractivity contribution in [3.05, 3.63) is 59.8 Å². The first kappa shape index (κ1) is 13.2. The van der Waals surface area contributed by atoms with Crippen molar-refractivity contribution in [1.82, 2.24) is 10.2 Å². The third kappa shape index (κ3) is 2.60. The van der Waals surface area contributed by atoms with Gasteiger partial charge in [0, 0.05) is 0 Å². The second-order valence-electron chi connectivity index (χ2n) is 4.60.